The summed E-state index contributed by atoms with van der Waals surface area (Å²) in [7, 11) is -4.33. The van der Waals surface area contributed by atoms with Gasteiger partial charge < -0.3 is 13.8 Å². The van der Waals surface area contributed by atoms with Crippen molar-refractivity contribution < 1.29 is 82.0 Å². The Balaban J connectivity index is -0.000000554. The molecule has 1 aromatic rings. The van der Waals surface area contributed by atoms with Gasteiger partial charge in [-0.25, -0.2) is 0 Å². The molecule has 9 heteroatoms. The van der Waals surface area contributed by atoms with E-state index in [4.69, 9.17) is 18.1 Å². The van der Waals surface area contributed by atoms with E-state index in [0.717, 1.165) is 17.5 Å². The zero-order valence-corrected chi connectivity index (χ0v) is 21.4. The molecule has 1 aromatic carbocycles. The summed E-state index contributed by atoms with van der Waals surface area (Å²) in [5.74, 6) is 0.449. The van der Waals surface area contributed by atoms with E-state index in [0.29, 0.717) is 5.75 Å². The minimum Gasteiger partial charge on any atom is -0.780 e. The number of hydrogen-bond donors (Lipinski definition) is 0. The van der Waals surface area contributed by atoms with Gasteiger partial charge in [0.2, 0.25) is 0 Å². The third-order valence-corrected chi connectivity index (χ3v) is 3.26. The van der Waals surface area contributed by atoms with Crippen LogP contribution in [0.5, 0.6) is 5.75 Å². The zero-order chi connectivity index (χ0) is 17.7. The molecule has 0 N–H and O–H groups in total. The van der Waals surface area contributed by atoms with E-state index in [1.165, 1.54) is 12.5 Å². The van der Waals surface area contributed by atoms with Gasteiger partial charge in [0.1, 0.15) is 5.75 Å². The molecular weight excluding hydrogens is 370 g/mol. The second-order valence-electron chi connectivity index (χ2n) is 5.69. The van der Waals surface area contributed by atoms with Gasteiger partial charge in [-0.1, -0.05) is 26.8 Å². The minimum atomic E-state index is -4.33. The summed E-state index contributed by atoms with van der Waals surface area (Å²) in [6.07, 6.45) is 1.01. The molecule has 0 saturated heterocycles. The van der Waals surface area contributed by atoms with Crippen molar-refractivity contribution in [2.45, 2.75) is 53.4 Å². The van der Waals surface area contributed by atoms with E-state index < -0.39 is 9.05 Å². The van der Waals surface area contributed by atoms with E-state index >= 15 is 0 Å². The van der Waals surface area contributed by atoms with Gasteiger partial charge in [-0.15, -0.1) is 9.05 Å². The molecule has 0 aliphatic heterocycles. The summed E-state index contributed by atoms with van der Waals surface area (Å²) in [6, 6.07) is 4.08. The SMILES string of the molecule is CCC(C)(C)c1c(C)cc(C)cc1OC(C)=O.O=S([O-])([O-])=S.[Na+].[Na+]. The van der Waals surface area contributed by atoms with Crippen LogP contribution < -0.4 is 63.9 Å². The van der Waals surface area contributed by atoms with Crippen LogP contribution in [0.25, 0.3) is 0 Å². The van der Waals surface area contributed by atoms with Crippen molar-refractivity contribution in [2.75, 3.05) is 0 Å². The first-order chi connectivity index (χ1) is 9.77. The maximum Gasteiger partial charge on any atom is 1.00 e. The molecule has 0 atom stereocenters. The Morgan fingerprint density at radius 1 is 1.25 bits per heavy atom. The van der Waals surface area contributed by atoms with Crippen LogP contribution in [0.3, 0.4) is 0 Å². The Kier molecular flexibility index (Phi) is 15.3. The fourth-order valence-electron chi connectivity index (χ4n) is 2.21. The number of hydrogen-bond acceptors (Lipinski definition) is 6. The van der Waals surface area contributed by atoms with Crippen molar-refractivity contribution in [3.63, 3.8) is 0 Å². The van der Waals surface area contributed by atoms with Gasteiger partial charge in [0, 0.05) is 12.5 Å². The molecule has 24 heavy (non-hydrogen) atoms. The summed E-state index contributed by atoms with van der Waals surface area (Å²) in [4.78, 5) is 11.2. The molecule has 0 heterocycles. The monoisotopic (exact) mass is 392 g/mol. The van der Waals surface area contributed by atoms with Gasteiger partial charge >= 0.3 is 65.1 Å². The molecule has 0 unspecified atom stereocenters. The van der Waals surface area contributed by atoms with E-state index in [1.807, 2.05) is 13.0 Å². The van der Waals surface area contributed by atoms with E-state index in [-0.39, 0.29) is 70.5 Å². The summed E-state index contributed by atoms with van der Waals surface area (Å²) < 4.78 is 32.0. The van der Waals surface area contributed by atoms with Gasteiger partial charge in [0.05, 0.1) is 0 Å². The Morgan fingerprint density at radius 2 is 1.67 bits per heavy atom. The number of carbonyl (C=O) groups is 1. The molecule has 0 aliphatic rings. The van der Waals surface area contributed by atoms with Gasteiger partial charge in [-0.2, -0.15) is 0 Å². The van der Waals surface area contributed by atoms with E-state index in [1.54, 1.807) is 0 Å². The molecule has 0 aromatic heterocycles. The Morgan fingerprint density at radius 3 is 2.00 bits per heavy atom. The van der Waals surface area contributed by atoms with Crippen molar-refractivity contribution >= 4 is 26.2 Å². The van der Waals surface area contributed by atoms with Crippen molar-refractivity contribution in [3.8, 4) is 5.75 Å². The average molecular weight is 392 g/mol. The maximum atomic E-state index is 11.2. The van der Waals surface area contributed by atoms with Crippen molar-refractivity contribution in [2.24, 2.45) is 0 Å². The summed E-state index contributed by atoms with van der Waals surface area (Å²) in [6.45, 7) is 12.0. The average Bonchev–Trinajstić information content (AvgIpc) is 2.24. The second kappa shape index (κ2) is 12.4. The minimum absolute atomic E-state index is 0. The summed E-state index contributed by atoms with van der Waals surface area (Å²) in [5.41, 5.74) is 3.46. The Labute approximate surface area is 194 Å². The van der Waals surface area contributed by atoms with Crippen LogP contribution in [0.4, 0.5) is 0 Å². The molecule has 0 fully saturated rings. The maximum absolute atomic E-state index is 11.2. The van der Waals surface area contributed by atoms with Crippen LogP contribution in [-0.4, -0.2) is 19.3 Å². The number of ether oxygens (including phenoxy) is 1. The fourth-order valence-corrected chi connectivity index (χ4v) is 2.21. The van der Waals surface area contributed by atoms with Crippen LogP contribution in [0.15, 0.2) is 12.1 Å². The molecule has 0 saturated carbocycles. The molecule has 1 rings (SSSR count). The predicted molar refractivity (Wildman–Crippen MR) is 87.6 cm³/mol. The van der Waals surface area contributed by atoms with Crippen LogP contribution in [0.2, 0.25) is 0 Å². The summed E-state index contributed by atoms with van der Waals surface area (Å²) >= 11 is 3.24. The molecular formula is C15H22Na2O5S2. The quantitative estimate of drug-likeness (QED) is 0.308. The number of carbonyl (C=O) groups excluding carboxylic acids is 1. The Bertz CT molecular complexity index is 636. The third-order valence-electron chi connectivity index (χ3n) is 3.26. The van der Waals surface area contributed by atoms with Gasteiger partial charge in [0.15, 0.2) is 0 Å². The first kappa shape index (κ1) is 29.7. The van der Waals surface area contributed by atoms with Crippen LogP contribution in [0, 0.1) is 13.8 Å². The van der Waals surface area contributed by atoms with Gasteiger partial charge in [-0.3, -0.25) is 9.00 Å². The second-order valence-corrected chi connectivity index (χ2v) is 7.74. The molecule has 0 radical (unpaired) electrons. The first-order valence-corrected chi connectivity index (χ1v) is 9.08. The number of benzene rings is 1. The largest absolute Gasteiger partial charge is 1.00 e. The zero-order valence-electron chi connectivity index (χ0n) is 15.7. The molecule has 0 aliphatic carbocycles. The predicted octanol–water partition coefficient (Wildman–Crippen LogP) is -3.08. The van der Waals surface area contributed by atoms with Gasteiger partial charge in [0.25, 0.3) is 0 Å². The smallest absolute Gasteiger partial charge is 0.780 e. The molecule has 0 bridgehead atoms. The summed E-state index contributed by atoms with van der Waals surface area (Å²) in [5, 5.41) is 0. The first-order valence-electron chi connectivity index (χ1n) is 6.74. The van der Waals surface area contributed by atoms with Crippen LogP contribution in [-0.2, 0) is 30.5 Å². The number of aryl methyl sites for hydroxylation is 2. The van der Waals surface area contributed by atoms with Gasteiger partial charge in [-0.05, 0) is 54.1 Å². The molecule has 5 nitrogen and oxygen atoms in total. The van der Waals surface area contributed by atoms with Crippen LogP contribution >= 0.6 is 0 Å². The third kappa shape index (κ3) is 12.4. The van der Waals surface area contributed by atoms with Crippen molar-refractivity contribution in [1.82, 2.24) is 0 Å². The van der Waals surface area contributed by atoms with E-state index in [2.05, 4.69) is 44.9 Å². The fraction of sp³-hybridized carbons (Fsp3) is 0.533. The van der Waals surface area contributed by atoms with E-state index in [9.17, 15) is 4.79 Å². The Hall–Kier alpha value is 0.980. The normalized spacial score (nSPS) is 10.5. The number of rotatable bonds is 3. The van der Waals surface area contributed by atoms with Crippen LogP contribution in [0.1, 0.15) is 50.8 Å². The molecule has 0 spiro atoms. The molecule has 126 valence electrons. The van der Waals surface area contributed by atoms with Crippen molar-refractivity contribution in [1.29, 1.82) is 0 Å². The van der Waals surface area contributed by atoms with Crippen molar-refractivity contribution in [3.05, 3.63) is 28.8 Å². The number of esters is 1. The standard InChI is InChI=1S/C15H22O2.2Na.H2O3S2/c1-7-15(5,6)14-11(3)8-10(2)9-13(14)17-12(4)16;;;1-5(2,3)4/h8-9H,7H2,1-6H3;;;(H2,1,2,3,4)/q;2*+1;/p-2. The topological polar surface area (TPSA) is 89.5 Å². The molecule has 0 amide bonds.